The third-order valence-corrected chi connectivity index (χ3v) is 10.8. The van der Waals surface area contributed by atoms with Gasteiger partial charge in [-0.1, -0.05) is 96.5 Å². The van der Waals surface area contributed by atoms with Gasteiger partial charge >= 0.3 is 0 Å². The molecule has 304 valence electrons. The zero-order valence-corrected chi connectivity index (χ0v) is 35.4. The highest BCUT2D eigenvalue weighted by Crippen LogP contribution is 2.34. The molecule has 2 unspecified atom stereocenters. The Hall–Kier alpha value is -7.20. The van der Waals surface area contributed by atoms with Crippen LogP contribution in [-0.4, -0.2) is 41.3 Å². The van der Waals surface area contributed by atoms with E-state index >= 15 is 0 Å². The maximum Gasteiger partial charge on any atom is 0.247 e. The molecule has 9 nitrogen and oxygen atoms in total. The van der Waals surface area contributed by atoms with E-state index in [0.29, 0.717) is 49.2 Å². The number of nitrogens with zero attached hydrogens (tertiary/aromatic N) is 6. The topological polar surface area (TPSA) is 89.1 Å². The number of hydrogen-bond acceptors (Lipinski definition) is 7. The fourth-order valence-electron chi connectivity index (χ4n) is 7.41. The molecule has 0 fully saturated rings. The van der Waals surface area contributed by atoms with Gasteiger partial charge in [0.2, 0.25) is 11.8 Å². The summed E-state index contributed by atoms with van der Waals surface area (Å²) in [5.41, 5.74) is 9.14. The number of fused-ring (bicyclic) bond motifs is 2. The van der Waals surface area contributed by atoms with Crippen LogP contribution < -0.4 is 9.47 Å². The summed E-state index contributed by atoms with van der Waals surface area (Å²) in [6.45, 7) is 13.4. The average molecular weight is 805 g/mol. The lowest BCUT2D eigenvalue weighted by Crippen LogP contribution is -2.23. The molecule has 0 aliphatic carbocycles. The zero-order chi connectivity index (χ0) is 42.3. The van der Waals surface area contributed by atoms with Crippen LogP contribution in [0.15, 0.2) is 121 Å². The average Bonchev–Trinajstić information content (AvgIpc) is 3.80. The summed E-state index contributed by atoms with van der Waals surface area (Å²) in [4.78, 5) is 19.6. The first-order chi connectivity index (χ1) is 29.7. The van der Waals surface area contributed by atoms with E-state index in [1.807, 2.05) is 149 Å². The molecule has 8 rings (SSSR count). The van der Waals surface area contributed by atoms with Crippen LogP contribution in [-0.2, 0) is 17.8 Å². The van der Waals surface area contributed by atoms with Gasteiger partial charge in [-0.05, 0) is 101 Å². The van der Waals surface area contributed by atoms with E-state index in [1.165, 1.54) is 0 Å². The van der Waals surface area contributed by atoms with E-state index < -0.39 is 12.2 Å². The van der Waals surface area contributed by atoms with Crippen molar-refractivity contribution in [3.8, 4) is 46.9 Å². The Morgan fingerprint density at radius 2 is 0.836 bits per heavy atom. The Labute approximate surface area is 357 Å². The SMILES string of the molecule is Cc1nc(Oc2ccccc2)c2nc(C)n(CCC(C#Cc3ccccc3)OC(C#Cc3ccccc3)CCn3c(C)nc4c(Oc5ccccc5)nc(C)c(C)c43)c2c1C. The van der Waals surface area contributed by atoms with Crippen molar-refractivity contribution in [3.63, 3.8) is 0 Å². The van der Waals surface area contributed by atoms with E-state index in [2.05, 4.69) is 46.7 Å². The van der Waals surface area contributed by atoms with Gasteiger partial charge in [-0.3, -0.25) is 0 Å². The van der Waals surface area contributed by atoms with Crippen LogP contribution in [0, 0.1) is 65.2 Å². The second kappa shape index (κ2) is 18.4. The van der Waals surface area contributed by atoms with Gasteiger partial charge in [-0.25, -0.2) is 19.9 Å². The Morgan fingerprint density at radius 3 is 1.21 bits per heavy atom. The normalized spacial score (nSPS) is 12.0. The maximum atomic E-state index is 7.02. The fraction of sp³-hybridized carbons (Fsp3) is 0.231. The Morgan fingerprint density at radius 1 is 0.475 bits per heavy atom. The molecule has 0 radical (unpaired) electrons. The summed E-state index contributed by atoms with van der Waals surface area (Å²) < 4.78 is 24.1. The molecule has 0 N–H and O–H groups in total. The minimum absolute atomic E-state index is 0.463. The van der Waals surface area contributed by atoms with Crippen molar-refractivity contribution in [2.75, 3.05) is 0 Å². The van der Waals surface area contributed by atoms with E-state index in [4.69, 9.17) is 34.1 Å². The number of para-hydroxylation sites is 2. The number of aryl methyl sites for hydroxylation is 8. The van der Waals surface area contributed by atoms with Crippen molar-refractivity contribution >= 4 is 22.1 Å². The van der Waals surface area contributed by atoms with E-state index in [1.54, 1.807) is 0 Å². The summed E-state index contributed by atoms with van der Waals surface area (Å²) in [6, 6.07) is 39.4. The van der Waals surface area contributed by atoms with Gasteiger partial charge in [-0.2, -0.15) is 0 Å². The lowest BCUT2D eigenvalue weighted by molar-refractivity contribution is 0.0387. The second-order valence-electron chi connectivity index (χ2n) is 15.1. The van der Waals surface area contributed by atoms with E-state index in [9.17, 15) is 0 Å². The van der Waals surface area contributed by atoms with E-state index in [0.717, 1.165) is 67.4 Å². The molecule has 61 heavy (non-hydrogen) atoms. The molecule has 0 bridgehead atoms. The van der Waals surface area contributed by atoms with Gasteiger partial charge in [0.1, 0.15) is 35.4 Å². The van der Waals surface area contributed by atoms with Crippen molar-refractivity contribution in [2.45, 2.75) is 79.7 Å². The highest BCUT2D eigenvalue weighted by atomic mass is 16.5. The first-order valence-corrected chi connectivity index (χ1v) is 20.6. The minimum atomic E-state index is -0.463. The molecule has 9 heteroatoms. The molecule has 0 amide bonds. The molecule has 8 aromatic rings. The Bertz CT molecular complexity index is 2720. The summed E-state index contributed by atoms with van der Waals surface area (Å²) in [6.07, 6.45) is 0.246. The maximum absolute atomic E-state index is 7.02. The summed E-state index contributed by atoms with van der Waals surface area (Å²) in [5.74, 6) is 17.9. The molecule has 4 heterocycles. The minimum Gasteiger partial charge on any atom is -0.437 e. The first kappa shape index (κ1) is 40.6. The number of pyridine rings is 2. The lowest BCUT2D eigenvalue weighted by atomic mass is 10.1. The molecule has 0 aliphatic rings. The molecule has 0 spiro atoms. The van der Waals surface area contributed by atoms with Crippen LogP contribution in [0.5, 0.6) is 23.3 Å². The van der Waals surface area contributed by atoms with E-state index in [-0.39, 0.29) is 0 Å². The summed E-state index contributed by atoms with van der Waals surface area (Å²) in [5, 5.41) is 0. The van der Waals surface area contributed by atoms with Crippen molar-refractivity contribution in [3.05, 3.63) is 167 Å². The number of benzene rings is 4. The van der Waals surface area contributed by atoms with Crippen LogP contribution in [0.3, 0.4) is 0 Å². The van der Waals surface area contributed by atoms with Crippen molar-refractivity contribution in [1.82, 2.24) is 29.1 Å². The van der Waals surface area contributed by atoms with Crippen LogP contribution in [0.2, 0.25) is 0 Å². The number of aromatic nitrogens is 6. The van der Waals surface area contributed by atoms with Crippen LogP contribution >= 0.6 is 0 Å². The van der Waals surface area contributed by atoms with Gasteiger partial charge in [-0.15, -0.1) is 0 Å². The highest BCUT2D eigenvalue weighted by molar-refractivity contribution is 5.86. The number of hydrogen-bond donors (Lipinski definition) is 0. The monoisotopic (exact) mass is 804 g/mol. The predicted octanol–water partition coefficient (Wildman–Crippen LogP) is 10.9. The lowest BCUT2D eigenvalue weighted by Gasteiger charge is -2.20. The molecule has 0 saturated carbocycles. The predicted molar refractivity (Wildman–Crippen MR) is 241 cm³/mol. The van der Waals surface area contributed by atoms with Crippen LogP contribution in [0.1, 0.15) is 58.1 Å². The molecule has 4 aromatic heterocycles. The van der Waals surface area contributed by atoms with Crippen LogP contribution in [0.4, 0.5) is 0 Å². The van der Waals surface area contributed by atoms with Gasteiger partial charge in [0.25, 0.3) is 0 Å². The highest BCUT2D eigenvalue weighted by Gasteiger charge is 2.23. The standard InChI is InChI=1S/C52H48N6O3/c1-35-37(3)53-51(60-43-23-15-9-16-24-43)47-49(35)57(39(5)55-47)33-31-45(29-27-41-19-11-7-12-20-41)59-46(30-28-42-21-13-8-14-22-42)32-34-58-40(6)56-48-50(58)36(2)38(4)54-52(48)61-44-25-17-10-18-26-44/h7-26,45-46H,31-34H2,1-6H3. The Balaban J connectivity index is 1.12. The first-order valence-electron chi connectivity index (χ1n) is 20.6. The summed E-state index contributed by atoms with van der Waals surface area (Å²) >= 11 is 0. The molecule has 2 atom stereocenters. The smallest absolute Gasteiger partial charge is 0.247 e. The number of ether oxygens (including phenoxy) is 3. The molecule has 0 saturated heterocycles. The zero-order valence-electron chi connectivity index (χ0n) is 35.4. The number of imidazole rings is 2. The molecular formula is C52H48N6O3. The van der Waals surface area contributed by atoms with Crippen molar-refractivity contribution in [1.29, 1.82) is 0 Å². The quantitative estimate of drug-likeness (QED) is 0.114. The molecule has 0 aliphatic heterocycles. The number of rotatable bonds is 12. The second-order valence-corrected chi connectivity index (χ2v) is 15.1. The molecule has 4 aromatic carbocycles. The van der Waals surface area contributed by atoms with Gasteiger partial charge in [0, 0.05) is 48.4 Å². The van der Waals surface area contributed by atoms with Crippen molar-refractivity contribution in [2.24, 2.45) is 0 Å². The van der Waals surface area contributed by atoms with Crippen LogP contribution in [0.25, 0.3) is 22.1 Å². The Kier molecular flexibility index (Phi) is 12.2. The van der Waals surface area contributed by atoms with Gasteiger partial charge < -0.3 is 23.3 Å². The van der Waals surface area contributed by atoms with Gasteiger partial charge in [0.05, 0.1) is 11.0 Å². The third-order valence-electron chi connectivity index (χ3n) is 10.8. The van der Waals surface area contributed by atoms with Gasteiger partial charge in [0.15, 0.2) is 11.0 Å². The van der Waals surface area contributed by atoms with Crippen molar-refractivity contribution < 1.29 is 14.2 Å². The summed E-state index contributed by atoms with van der Waals surface area (Å²) in [7, 11) is 0. The molecular weight excluding hydrogens is 757 g/mol. The largest absolute Gasteiger partial charge is 0.437 e. The fourth-order valence-corrected chi connectivity index (χ4v) is 7.41. The third kappa shape index (κ3) is 9.34.